The number of rotatable bonds is 4. The molecule has 1 aliphatic rings. The maximum Gasteiger partial charge on any atom is 0.343 e. The van der Waals surface area contributed by atoms with Gasteiger partial charge in [0, 0.05) is 0 Å². The molecule has 2 N–H and O–H groups in total. The third kappa shape index (κ3) is 3.10. The van der Waals surface area contributed by atoms with Gasteiger partial charge in [-0.2, -0.15) is 5.10 Å². The number of aromatic nitrogens is 3. The zero-order valence-electron chi connectivity index (χ0n) is 13.6. The molecule has 0 unspecified atom stereocenters. The van der Waals surface area contributed by atoms with E-state index < -0.39 is 0 Å². The zero-order valence-corrected chi connectivity index (χ0v) is 13.6. The minimum Gasteiger partial charge on any atom is -0.348 e. The lowest BCUT2D eigenvalue weighted by Crippen LogP contribution is -2.33. The Bertz CT molecular complexity index is 959. The molecular weight excluding hydrogens is 316 g/mol. The smallest absolute Gasteiger partial charge is 0.343 e. The van der Waals surface area contributed by atoms with Crippen molar-refractivity contribution in [3.8, 4) is 11.1 Å². The predicted octanol–water partition coefficient (Wildman–Crippen LogP) is 2.04. The summed E-state index contributed by atoms with van der Waals surface area (Å²) in [5, 5.41) is 8.96. The van der Waals surface area contributed by atoms with Gasteiger partial charge in [0.1, 0.15) is 12.9 Å². The van der Waals surface area contributed by atoms with Crippen molar-refractivity contribution >= 4 is 5.91 Å². The Hall–Kier alpha value is -3.15. The van der Waals surface area contributed by atoms with Crippen LogP contribution in [0.15, 0.2) is 59.7 Å². The van der Waals surface area contributed by atoms with Crippen molar-refractivity contribution in [2.45, 2.75) is 25.4 Å². The SMILES string of the molecule is O=C(Cn1cn[nH]c1=O)N[C@H]1CCc2ccc(-c3ccccc3)cc21. The number of aryl methyl sites for hydroxylation is 1. The van der Waals surface area contributed by atoms with Gasteiger partial charge in [-0.1, -0.05) is 42.5 Å². The fraction of sp³-hybridized carbons (Fsp3) is 0.211. The van der Waals surface area contributed by atoms with Gasteiger partial charge in [0.05, 0.1) is 6.04 Å². The number of amides is 1. The summed E-state index contributed by atoms with van der Waals surface area (Å²) in [4.78, 5) is 23.7. The summed E-state index contributed by atoms with van der Waals surface area (Å²) in [5.74, 6) is -0.188. The van der Waals surface area contributed by atoms with Gasteiger partial charge < -0.3 is 5.32 Å². The monoisotopic (exact) mass is 334 g/mol. The molecule has 1 aromatic heterocycles. The molecule has 1 atom stereocenters. The lowest BCUT2D eigenvalue weighted by molar-refractivity contribution is -0.122. The minimum atomic E-state index is -0.381. The van der Waals surface area contributed by atoms with Crippen LogP contribution in [-0.2, 0) is 17.8 Å². The quantitative estimate of drug-likeness (QED) is 0.766. The molecule has 1 amide bonds. The van der Waals surface area contributed by atoms with Crippen LogP contribution in [-0.4, -0.2) is 20.7 Å². The average molecular weight is 334 g/mol. The first-order valence-corrected chi connectivity index (χ1v) is 8.28. The van der Waals surface area contributed by atoms with E-state index in [2.05, 4.69) is 45.8 Å². The van der Waals surface area contributed by atoms with Crippen molar-refractivity contribution in [3.05, 3.63) is 76.5 Å². The van der Waals surface area contributed by atoms with Gasteiger partial charge in [-0.3, -0.25) is 9.36 Å². The predicted molar refractivity (Wildman–Crippen MR) is 93.9 cm³/mol. The van der Waals surface area contributed by atoms with Gasteiger partial charge in [0.15, 0.2) is 0 Å². The molecule has 0 fully saturated rings. The number of H-pyrrole nitrogens is 1. The van der Waals surface area contributed by atoms with Crippen LogP contribution in [0, 0.1) is 0 Å². The number of aromatic amines is 1. The van der Waals surface area contributed by atoms with Crippen LogP contribution >= 0.6 is 0 Å². The number of hydrogen-bond donors (Lipinski definition) is 2. The zero-order chi connectivity index (χ0) is 17.2. The van der Waals surface area contributed by atoms with Crippen molar-refractivity contribution in [3.63, 3.8) is 0 Å². The van der Waals surface area contributed by atoms with Gasteiger partial charge in [-0.25, -0.2) is 9.89 Å². The summed E-state index contributed by atoms with van der Waals surface area (Å²) in [7, 11) is 0. The van der Waals surface area contributed by atoms with E-state index in [9.17, 15) is 9.59 Å². The van der Waals surface area contributed by atoms with Crippen LogP contribution in [0.5, 0.6) is 0 Å². The number of nitrogens with zero attached hydrogens (tertiary/aromatic N) is 2. The van der Waals surface area contributed by atoms with Crippen LogP contribution in [0.3, 0.4) is 0 Å². The molecule has 3 aromatic rings. The molecule has 0 aliphatic heterocycles. The number of nitrogens with one attached hydrogen (secondary N) is 2. The molecule has 0 saturated heterocycles. The first-order chi connectivity index (χ1) is 12.2. The van der Waals surface area contributed by atoms with Crippen molar-refractivity contribution in [1.82, 2.24) is 20.1 Å². The highest BCUT2D eigenvalue weighted by Crippen LogP contribution is 2.34. The first-order valence-electron chi connectivity index (χ1n) is 8.28. The van der Waals surface area contributed by atoms with E-state index in [1.54, 1.807) is 0 Å². The molecule has 25 heavy (non-hydrogen) atoms. The Labute approximate surface area is 144 Å². The lowest BCUT2D eigenvalue weighted by atomic mass is 9.99. The summed E-state index contributed by atoms with van der Waals surface area (Å²) < 4.78 is 1.26. The van der Waals surface area contributed by atoms with Gasteiger partial charge in [0.25, 0.3) is 0 Å². The second-order valence-corrected chi connectivity index (χ2v) is 6.23. The van der Waals surface area contributed by atoms with Gasteiger partial charge in [-0.05, 0) is 41.2 Å². The molecule has 6 nitrogen and oxygen atoms in total. The second kappa shape index (κ2) is 6.39. The number of benzene rings is 2. The van der Waals surface area contributed by atoms with Crippen molar-refractivity contribution in [1.29, 1.82) is 0 Å². The molecule has 4 rings (SSSR count). The van der Waals surface area contributed by atoms with Crippen LogP contribution in [0.25, 0.3) is 11.1 Å². The van der Waals surface area contributed by atoms with E-state index in [1.807, 2.05) is 18.2 Å². The van der Waals surface area contributed by atoms with Crippen LogP contribution in [0.2, 0.25) is 0 Å². The van der Waals surface area contributed by atoms with Gasteiger partial charge in [0.2, 0.25) is 5.91 Å². The van der Waals surface area contributed by atoms with Gasteiger partial charge in [-0.15, -0.1) is 0 Å². The molecule has 0 bridgehead atoms. The van der Waals surface area contributed by atoms with E-state index in [4.69, 9.17) is 0 Å². The summed E-state index contributed by atoms with van der Waals surface area (Å²) >= 11 is 0. The lowest BCUT2D eigenvalue weighted by Gasteiger charge is -2.15. The third-order valence-electron chi connectivity index (χ3n) is 4.60. The second-order valence-electron chi connectivity index (χ2n) is 6.23. The maximum atomic E-state index is 12.3. The molecule has 126 valence electrons. The normalized spacial score (nSPS) is 15.8. The fourth-order valence-corrected chi connectivity index (χ4v) is 3.34. The first kappa shape index (κ1) is 15.4. The number of fused-ring (bicyclic) bond motifs is 1. The van der Waals surface area contributed by atoms with E-state index in [1.165, 1.54) is 16.5 Å². The molecule has 0 spiro atoms. The Morgan fingerprint density at radius 3 is 2.80 bits per heavy atom. The van der Waals surface area contributed by atoms with Crippen molar-refractivity contribution in [2.24, 2.45) is 0 Å². The molecule has 6 heteroatoms. The minimum absolute atomic E-state index is 0.0197. The van der Waals surface area contributed by atoms with E-state index in [0.717, 1.165) is 29.5 Å². The molecule has 1 aliphatic carbocycles. The van der Waals surface area contributed by atoms with E-state index in [-0.39, 0.29) is 24.2 Å². The van der Waals surface area contributed by atoms with E-state index >= 15 is 0 Å². The Kier molecular flexibility index (Phi) is 3.93. The third-order valence-corrected chi connectivity index (χ3v) is 4.60. The Morgan fingerprint density at radius 2 is 2.04 bits per heavy atom. The van der Waals surface area contributed by atoms with Crippen molar-refractivity contribution in [2.75, 3.05) is 0 Å². The summed E-state index contributed by atoms with van der Waals surface area (Å²) in [5.41, 5.74) is 4.35. The highest BCUT2D eigenvalue weighted by Gasteiger charge is 2.24. The fourth-order valence-electron chi connectivity index (χ4n) is 3.34. The molecule has 0 radical (unpaired) electrons. The van der Waals surface area contributed by atoms with E-state index in [0.29, 0.717) is 0 Å². The van der Waals surface area contributed by atoms with Crippen molar-refractivity contribution < 1.29 is 4.79 Å². The highest BCUT2D eigenvalue weighted by atomic mass is 16.2. The molecule has 0 saturated carbocycles. The van der Waals surface area contributed by atoms with Crippen LogP contribution in [0.4, 0.5) is 0 Å². The largest absolute Gasteiger partial charge is 0.348 e. The highest BCUT2D eigenvalue weighted by molar-refractivity contribution is 5.76. The molecule has 1 heterocycles. The molecular formula is C19H18N4O2. The summed E-state index contributed by atoms with van der Waals surface area (Å²) in [6, 6.07) is 16.6. The number of hydrogen-bond acceptors (Lipinski definition) is 3. The van der Waals surface area contributed by atoms with Gasteiger partial charge >= 0.3 is 5.69 Å². The number of carbonyl (C=O) groups is 1. The Morgan fingerprint density at radius 1 is 1.20 bits per heavy atom. The standard InChI is InChI=1S/C19H18N4O2/c24-18(11-23-12-20-22-19(23)25)21-17-9-8-14-6-7-15(10-16(14)17)13-4-2-1-3-5-13/h1-7,10,12,17H,8-9,11H2,(H,21,24)(H,22,25)/t17-/m0/s1. The maximum absolute atomic E-state index is 12.3. The van der Waals surface area contributed by atoms with Crippen LogP contribution < -0.4 is 11.0 Å². The topological polar surface area (TPSA) is 79.8 Å². The Balaban J connectivity index is 1.54. The summed E-state index contributed by atoms with van der Waals surface area (Å²) in [6.45, 7) is -0.0282. The average Bonchev–Trinajstić information content (AvgIpc) is 3.22. The number of carbonyl (C=O) groups excluding carboxylic acids is 1. The van der Waals surface area contributed by atoms with Crippen LogP contribution in [0.1, 0.15) is 23.6 Å². The molecule has 2 aromatic carbocycles. The summed E-state index contributed by atoms with van der Waals surface area (Å²) in [6.07, 6.45) is 3.15.